The number of anilines is 1. The fourth-order valence-electron chi connectivity index (χ4n) is 1.26. The van der Waals surface area contributed by atoms with E-state index in [0.29, 0.717) is 5.75 Å². The van der Waals surface area contributed by atoms with E-state index in [9.17, 15) is 13.2 Å². The Morgan fingerprint density at radius 2 is 1.84 bits per heavy atom. The minimum Gasteiger partial charge on any atom is -0.438 e. The van der Waals surface area contributed by atoms with Gasteiger partial charge in [-0.15, -0.1) is 0 Å². The third-order valence-corrected chi connectivity index (χ3v) is 2.92. The molecule has 0 saturated heterocycles. The van der Waals surface area contributed by atoms with Gasteiger partial charge in [0.25, 0.3) is 0 Å². The van der Waals surface area contributed by atoms with Gasteiger partial charge in [-0.1, -0.05) is 12.1 Å². The Kier molecular flexibility index (Phi) is 3.78. The molecule has 0 radical (unpaired) electrons. The molecule has 0 fully saturated rings. The Hall–Kier alpha value is -1.58. The molecule has 4 nitrogen and oxygen atoms in total. The predicted octanol–water partition coefficient (Wildman–Crippen LogP) is 3.47. The molecule has 1 aromatic carbocycles. The molecular weight excluding hydrogens is 374 g/mol. The Morgan fingerprint density at radius 1 is 1.16 bits per heavy atom. The zero-order valence-electron chi connectivity index (χ0n) is 9.28. The molecule has 2 rings (SSSR count). The maximum atomic E-state index is 12.5. The summed E-state index contributed by atoms with van der Waals surface area (Å²) in [6.07, 6.45) is -4.67. The summed E-state index contributed by atoms with van der Waals surface area (Å²) in [6, 6.07) is 7.99. The van der Waals surface area contributed by atoms with Gasteiger partial charge in [0.2, 0.25) is 11.7 Å². The van der Waals surface area contributed by atoms with Crippen LogP contribution in [0.4, 0.5) is 19.0 Å². The molecule has 0 spiro atoms. The van der Waals surface area contributed by atoms with Crippen LogP contribution in [-0.4, -0.2) is 9.97 Å². The van der Waals surface area contributed by atoms with Crippen molar-refractivity contribution in [1.29, 1.82) is 0 Å². The van der Waals surface area contributed by atoms with E-state index in [4.69, 9.17) is 10.5 Å². The van der Waals surface area contributed by atoms with E-state index < -0.39 is 12.0 Å². The lowest BCUT2D eigenvalue weighted by molar-refractivity contribution is -0.145. The summed E-state index contributed by atoms with van der Waals surface area (Å²) in [5.41, 5.74) is 5.31. The van der Waals surface area contributed by atoms with Crippen molar-refractivity contribution in [2.45, 2.75) is 6.18 Å². The SMILES string of the molecule is Nc1cc(Oc2ccccc2I)nc(C(F)(F)F)n1. The van der Waals surface area contributed by atoms with Gasteiger partial charge in [0.05, 0.1) is 3.57 Å². The number of benzene rings is 1. The molecule has 0 atom stereocenters. The van der Waals surface area contributed by atoms with Crippen molar-refractivity contribution in [3.63, 3.8) is 0 Å². The van der Waals surface area contributed by atoms with Gasteiger partial charge in [-0.05, 0) is 34.7 Å². The predicted molar refractivity (Wildman–Crippen MR) is 70.7 cm³/mol. The molecule has 1 aromatic heterocycles. The molecular formula is C11H7F3IN3O. The number of aromatic nitrogens is 2. The first-order valence-corrected chi connectivity index (χ1v) is 6.08. The first-order valence-electron chi connectivity index (χ1n) is 5.00. The maximum absolute atomic E-state index is 12.5. The molecule has 19 heavy (non-hydrogen) atoms. The van der Waals surface area contributed by atoms with Crippen molar-refractivity contribution in [2.75, 3.05) is 5.73 Å². The number of hydrogen-bond acceptors (Lipinski definition) is 4. The quantitative estimate of drug-likeness (QED) is 0.810. The third-order valence-electron chi connectivity index (χ3n) is 2.03. The van der Waals surface area contributed by atoms with Gasteiger partial charge in [0, 0.05) is 6.07 Å². The van der Waals surface area contributed by atoms with E-state index in [0.717, 1.165) is 9.64 Å². The number of alkyl halides is 3. The lowest BCUT2D eigenvalue weighted by Crippen LogP contribution is -2.12. The van der Waals surface area contributed by atoms with Crippen LogP contribution in [0.3, 0.4) is 0 Å². The smallest absolute Gasteiger partial charge is 0.438 e. The molecule has 0 amide bonds. The molecule has 0 aliphatic rings. The second kappa shape index (κ2) is 5.19. The number of hydrogen-bond donors (Lipinski definition) is 1. The molecule has 100 valence electrons. The molecule has 0 bridgehead atoms. The Labute approximate surface area is 120 Å². The summed E-state index contributed by atoms with van der Waals surface area (Å²) in [5.74, 6) is -1.48. The lowest BCUT2D eigenvalue weighted by Gasteiger charge is -2.10. The topological polar surface area (TPSA) is 61.0 Å². The van der Waals surface area contributed by atoms with Crippen LogP contribution < -0.4 is 10.5 Å². The van der Waals surface area contributed by atoms with Crippen LogP contribution in [0.2, 0.25) is 0 Å². The van der Waals surface area contributed by atoms with Gasteiger partial charge >= 0.3 is 6.18 Å². The van der Waals surface area contributed by atoms with Crippen LogP contribution in [0.25, 0.3) is 0 Å². The number of para-hydroxylation sites is 1. The van der Waals surface area contributed by atoms with Crippen LogP contribution in [0.15, 0.2) is 30.3 Å². The summed E-state index contributed by atoms with van der Waals surface area (Å²) in [6.45, 7) is 0. The minimum absolute atomic E-state index is 0.246. The molecule has 2 N–H and O–H groups in total. The first kappa shape index (κ1) is 13.8. The maximum Gasteiger partial charge on any atom is 0.451 e. The summed E-state index contributed by atoms with van der Waals surface area (Å²) < 4.78 is 43.6. The summed E-state index contributed by atoms with van der Waals surface area (Å²) in [4.78, 5) is 6.43. The second-order valence-corrected chi connectivity index (χ2v) is 4.65. The molecule has 0 saturated carbocycles. The van der Waals surface area contributed by atoms with E-state index in [2.05, 4.69) is 9.97 Å². The number of nitrogens with zero attached hydrogens (tertiary/aromatic N) is 2. The van der Waals surface area contributed by atoms with Crippen LogP contribution in [0.1, 0.15) is 5.82 Å². The highest BCUT2D eigenvalue weighted by Gasteiger charge is 2.35. The Bertz CT molecular complexity index is 604. The normalized spacial score (nSPS) is 11.4. The number of rotatable bonds is 2. The second-order valence-electron chi connectivity index (χ2n) is 3.48. The molecule has 8 heteroatoms. The average molecular weight is 381 g/mol. The first-order chi connectivity index (χ1) is 8.86. The molecule has 0 aliphatic carbocycles. The number of ether oxygens (including phenoxy) is 1. The highest BCUT2D eigenvalue weighted by molar-refractivity contribution is 14.1. The fraction of sp³-hybridized carbons (Fsp3) is 0.0909. The van der Waals surface area contributed by atoms with Crippen LogP contribution in [0.5, 0.6) is 11.6 Å². The van der Waals surface area contributed by atoms with E-state index in [1.807, 2.05) is 22.6 Å². The van der Waals surface area contributed by atoms with Crippen molar-refractivity contribution in [2.24, 2.45) is 0 Å². The average Bonchev–Trinajstić information content (AvgIpc) is 2.30. The number of nitrogens with two attached hydrogens (primary N) is 1. The van der Waals surface area contributed by atoms with Crippen LogP contribution in [-0.2, 0) is 6.18 Å². The lowest BCUT2D eigenvalue weighted by atomic mass is 10.3. The standard InChI is InChI=1S/C11H7F3IN3O/c12-11(13,14)10-17-8(16)5-9(18-10)19-7-4-2-1-3-6(7)15/h1-5H,(H2,16,17,18). The zero-order chi connectivity index (χ0) is 14.0. The van der Waals surface area contributed by atoms with Crippen molar-refractivity contribution < 1.29 is 17.9 Å². The van der Waals surface area contributed by atoms with E-state index in [1.54, 1.807) is 24.3 Å². The largest absolute Gasteiger partial charge is 0.451 e. The van der Waals surface area contributed by atoms with E-state index in [1.165, 1.54) is 0 Å². The van der Waals surface area contributed by atoms with Gasteiger partial charge in [0.1, 0.15) is 11.6 Å². The monoisotopic (exact) mass is 381 g/mol. The van der Waals surface area contributed by atoms with Gasteiger partial charge in [-0.25, -0.2) is 4.98 Å². The molecule has 1 heterocycles. The van der Waals surface area contributed by atoms with E-state index >= 15 is 0 Å². The highest BCUT2D eigenvalue weighted by atomic mass is 127. The Balaban J connectivity index is 2.36. The number of halogens is 4. The zero-order valence-corrected chi connectivity index (χ0v) is 11.4. The molecule has 0 aliphatic heterocycles. The molecule has 0 unspecified atom stereocenters. The van der Waals surface area contributed by atoms with Crippen LogP contribution >= 0.6 is 22.6 Å². The number of nitrogen functional groups attached to an aromatic ring is 1. The van der Waals surface area contributed by atoms with Gasteiger partial charge in [0.15, 0.2) is 0 Å². The highest BCUT2D eigenvalue weighted by Crippen LogP contribution is 2.30. The minimum atomic E-state index is -4.67. The van der Waals surface area contributed by atoms with Crippen molar-refractivity contribution in [3.05, 3.63) is 39.7 Å². The van der Waals surface area contributed by atoms with Crippen molar-refractivity contribution in [3.8, 4) is 11.6 Å². The summed E-state index contributed by atoms with van der Waals surface area (Å²) in [7, 11) is 0. The van der Waals surface area contributed by atoms with Gasteiger partial charge in [-0.3, -0.25) is 0 Å². The van der Waals surface area contributed by atoms with Crippen LogP contribution in [0, 0.1) is 3.57 Å². The summed E-state index contributed by atoms with van der Waals surface area (Å²) in [5, 5.41) is 0. The van der Waals surface area contributed by atoms with E-state index in [-0.39, 0.29) is 11.7 Å². The van der Waals surface area contributed by atoms with Gasteiger partial charge in [-0.2, -0.15) is 18.2 Å². The fourth-order valence-corrected chi connectivity index (χ4v) is 1.76. The van der Waals surface area contributed by atoms with Crippen molar-refractivity contribution in [1.82, 2.24) is 9.97 Å². The molecule has 2 aromatic rings. The summed E-state index contributed by atoms with van der Waals surface area (Å²) >= 11 is 2.00. The Morgan fingerprint density at radius 3 is 2.47 bits per heavy atom. The van der Waals surface area contributed by atoms with Gasteiger partial charge < -0.3 is 10.5 Å². The van der Waals surface area contributed by atoms with Crippen molar-refractivity contribution >= 4 is 28.4 Å². The third kappa shape index (κ3) is 3.46.